The Morgan fingerprint density at radius 2 is 1.90 bits per heavy atom. The fourth-order valence-electron chi connectivity index (χ4n) is 4.45. The average Bonchev–Trinajstić information content (AvgIpc) is 3.14. The van der Waals surface area contributed by atoms with Gasteiger partial charge in [-0.3, -0.25) is 0 Å². The Morgan fingerprint density at radius 1 is 1.07 bits per heavy atom. The van der Waals surface area contributed by atoms with Crippen molar-refractivity contribution in [3.63, 3.8) is 0 Å². The van der Waals surface area contributed by atoms with Crippen molar-refractivity contribution in [1.29, 1.82) is 0 Å². The lowest BCUT2D eigenvalue weighted by Crippen LogP contribution is -2.35. The fourth-order valence-corrected chi connectivity index (χ4v) is 4.45. The van der Waals surface area contributed by atoms with E-state index in [-0.39, 0.29) is 0 Å². The summed E-state index contributed by atoms with van der Waals surface area (Å²) in [5.74, 6) is 2.63. The number of fused-ring (bicyclic) bond motifs is 3. The molecule has 1 N–H and O–H groups in total. The number of anilines is 1. The number of nitrogens with zero attached hydrogens (tertiary/aromatic N) is 3. The van der Waals surface area contributed by atoms with Crippen LogP contribution in [0.2, 0.25) is 0 Å². The van der Waals surface area contributed by atoms with Crippen molar-refractivity contribution in [1.82, 2.24) is 15.0 Å². The Balaban J connectivity index is 1.38. The standard InChI is InChI=1S/C24H26N4O/c1-2-29-19-8-9-21-20(15-19)22-23(27-21)24(26-16-25-22)28-12-10-18(11-13-28)14-17-6-4-3-5-7-17/h3-9,15-16,18,27H,2,10-14H2,1H3. The van der Waals surface area contributed by atoms with Gasteiger partial charge in [0.15, 0.2) is 5.82 Å². The van der Waals surface area contributed by atoms with Crippen LogP contribution in [0, 0.1) is 5.92 Å². The lowest BCUT2D eigenvalue weighted by atomic mass is 9.90. The van der Waals surface area contributed by atoms with E-state index in [1.807, 2.05) is 13.0 Å². The van der Waals surface area contributed by atoms with Crippen LogP contribution in [0.3, 0.4) is 0 Å². The van der Waals surface area contributed by atoms with Crippen LogP contribution >= 0.6 is 0 Å². The molecule has 5 nitrogen and oxygen atoms in total. The van der Waals surface area contributed by atoms with Gasteiger partial charge in [0, 0.05) is 24.0 Å². The molecule has 5 heteroatoms. The van der Waals surface area contributed by atoms with Crippen LogP contribution < -0.4 is 9.64 Å². The second-order valence-electron chi connectivity index (χ2n) is 7.81. The van der Waals surface area contributed by atoms with Gasteiger partial charge in [-0.25, -0.2) is 9.97 Å². The Morgan fingerprint density at radius 3 is 2.69 bits per heavy atom. The first kappa shape index (κ1) is 18.0. The number of piperidine rings is 1. The van der Waals surface area contributed by atoms with Crippen molar-refractivity contribution < 1.29 is 4.74 Å². The van der Waals surface area contributed by atoms with Gasteiger partial charge >= 0.3 is 0 Å². The number of hydrogen-bond donors (Lipinski definition) is 1. The highest BCUT2D eigenvalue weighted by Gasteiger charge is 2.23. The van der Waals surface area contributed by atoms with E-state index < -0.39 is 0 Å². The van der Waals surface area contributed by atoms with E-state index in [1.54, 1.807) is 6.33 Å². The topological polar surface area (TPSA) is 54.0 Å². The fraction of sp³-hybridized carbons (Fsp3) is 0.333. The van der Waals surface area contributed by atoms with Crippen LogP contribution in [0.4, 0.5) is 5.82 Å². The smallest absolute Gasteiger partial charge is 0.156 e. The zero-order chi connectivity index (χ0) is 19.6. The van der Waals surface area contributed by atoms with Gasteiger partial charge in [0.25, 0.3) is 0 Å². The van der Waals surface area contributed by atoms with Crippen molar-refractivity contribution in [3.05, 3.63) is 60.4 Å². The largest absolute Gasteiger partial charge is 0.494 e. The zero-order valence-electron chi connectivity index (χ0n) is 16.8. The van der Waals surface area contributed by atoms with E-state index in [4.69, 9.17) is 4.74 Å². The molecule has 3 heterocycles. The maximum absolute atomic E-state index is 5.67. The SMILES string of the molecule is CCOc1ccc2[nH]c3c(N4CCC(Cc5ccccc5)CC4)ncnc3c2c1. The third kappa shape index (κ3) is 3.53. The molecule has 0 saturated carbocycles. The van der Waals surface area contributed by atoms with Gasteiger partial charge in [-0.1, -0.05) is 30.3 Å². The minimum Gasteiger partial charge on any atom is -0.494 e. The van der Waals surface area contributed by atoms with Crippen LogP contribution in [0.5, 0.6) is 5.75 Å². The summed E-state index contributed by atoms with van der Waals surface area (Å²) < 4.78 is 5.67. The molecule has 0 unspecified atom stereocenters. The third-order valence-electron chi connectivity index (χ3n) is 5.93. The second-order valence-corrected chi connectivity index (χ2v) is 7.81. The minimum absolute atomic E-state index is 0.659. The number of ether oxygens (including phenoxy) is 1. The first-order valence-corrected chi connectivity index (χ1v) is 10.5. The Kier molecular flexibility index (Phi) is 4.80. The molecule has 2 aromatic heterocycles. The predicted molar refractivity (Wildman–Crippen MR) is 118 cm³/mol. The molecule has 1 saturated heterocycles. The molecule has 5 rings (SSSR count). The van der Waals surface area contributed by atoms with Gasteiger partial charge in [-0.15, -0.1) is 0 Å². The molecule has 1 aliphatic rings. The molecule has 148 valence electrons. The first-order chi connectivity index (χ1) is 14.3. The van der Waals surface area contributed by atoms with E-state index in [2.05, 4.69) is 62.3 Å². The van der Waals surface area contributed by atoms with Gasteiger partial charge in [-0.2, -0.15) is 0 Å². The molecule has 1 aliphatic heterocycles. The minimum atomic E-state index is 0.659. The van der Waals surface area contributed by atoms with Gasteiger partial charge < -0.3 is 14.6 Å². The molecular weight excluding hydrogens is 360 g/mol. The zero-order valence-corrected chi connectivity index (χ0v) is 16.8. The molecule has 0 aliphatic carbocycles. The molecule has 0 spiro atoms. The lowest BCUT2D eigenvalue weighted by Gasteiger charge is -2.33. The summed E-state index contributed by atoms with van der Waals surface area (Å²) >= 11 is 0. The Labute approximate surface area is 170 Å². The third-order valence-corrected chi connectivity index (χ3v) is 5.93. The molecule has 2 aromatic carbocycles. The molecule has 4 aromatic rings. The highest BCUT2D eigenvalue weighted by Crippen LogP contribution is 2.33. The summed E-state index contributed by atoms with van der Waals surface area (Å²) in [6.07, 6.45) is 5.24. The van der Waals surface area contributed by atoms with Crippen molar-refractivity contribution in [2.75, 3.05) is 24.6 Å². The molecular formula is C24H26N4O. The normalized spacial score (nSPS) is 15.3. The predicted octanol–water partition coefficient (Wildman–Crippen LogP) is 4.97. The van der Waals surface area contributed by atoms with Crippen LogP contribution in [0.15, 0.2) is 54.9 Å². The second kappa shape index (κ2) is 7.74. The summed E-state index contributed by atoms with van der Waals surface area (Å²) in [6, 6.07) is 17.0. The van der Waals surface area contributed by atoms with Crippen LogP contribution in [0.25, 0.3) is 21.9 Å². The number of nitrogens with one attached hydrogen (secondary N) is 1. The maximum Gasteiger partial charge on any atom is 0.156 e. The van der Waals surface area contributed by atoms with Crippen LogP contribution in [-0.4, -0.2) is 34.6 Å². The summed E-state index contributed by atoms with van der Waals surface area (Å²) in [6.45, 7) is 4.72. The number of aromatic amines is 1. The van der Waals surface area contributed by atoms with E-state index in [0.29, 0.717) is 6.61 Å². The average molecular weight is 386 g/mol. The summed E-state index contributed by atoms with van der Waals surface area (Å²) in [5.41, 5.74) is 4.51. The summed E-state index contributed by atoms with van der Waals surface area (Å²) in [4.78, 5) is 15.2. The summed E-state index contributed by atoms with van der Waals surface area (Å²) in [7, 11) is 0. The summed E-state index contributed by atoms with van der Waals surface area (Å²) in [5, 5.41) is 1.09. The molecule has 0 amide bonds. The van der Waals surface area contributed by atoms with Crippen molar-refractivity contribution in [2.45, 2.75) is 26.2 Å². The van der Waals surface area contributed by atoms with Crippen molar-refractivity contribution in [3.8, 4) is 5.75 Å². The van der Waals surface area contributed by atoms with Gasteiger partial charge in [-0.05, 0) is 55.9 Å². The molecule has 0 bridgehead atoms. The number of H-pyrrole nitrogens is 1. The molecule has 1 fully saturated rings. The Hall–Kier alpha value is -3.08. The van der Waals surface area contributed by atoms with E-state index in [1.165, 1.54) is 24.8 Å². The lowest BCUT2D eigenvalue weighted by molar-refractivity contribution is 0.341. The maximum atomic E-state index is 5.67. The monoisotopic (exact) mass is 386 g/mol. The molecule has 0 radical (unpaired) electrons. The van der Waals surface area contributed by atoms with Gasteiger partial charge in [0.2, 0.25) is 0 Å². The number of benzene rings is 2. The number of rotatable bonds is 5. The van der Waals surface area contributed by atoms with Gasteiger partial charge in [0.1, 0.15) is 23.1 Å². The van der Waals surface area contributed by atoms with Crippen LogP contribution in [-0.2, 0) is 6.42 Å². The van der Waals surface area contributed by atoms with Gasteiger partial charge in [0.05, 0.1) is 6.61 Å². The quantitative estimate of drug-likeness (QED) is 0.526. The highest BCUT2D eigenvalue weighted by atomic mass is 16.5. The van der Waals surface area contributed by atoms with E-state index in [0.717, 1.165) is 52.5 Å². The van der Waals surface area contributed by atoms with Crippen molar-refractivity contribution in [2.24, 2.45) is 5.92 Å². The van der Waals surface area contributed by atoms with E-state index in [9.17, 15) is 0 Å². The van der Waals surface area contributed by atoms with Crippen LogP contribution in [0.1, 0.15) is 25.3 Å². The number of aromatic nitrogens is 3. The Bertz CT molecular complexity index is 1110. The van der Waals surface area contributed by atoms with Crippen molar-refractivity contribution >= 4 is 27.8 Å². The number of hydrogen-bond acceptors (Lipinski definition) is 4. The molecule has 0 atom stereocenters. The molecule has 29 heavy (non-hydrogen) atoms. The highest BCUT2D eigenvalue weighted by molar-refractivity contribution is 6.08. The van der Waals surface area contributed by atoms with E-state index >= 15 is 0 Å². The first-order valence-electron chi connectivity index (χ1n) is 10.5.